The molecule has 0 aliphatic carbocycles. The number of esters is 1. The second-order valence-electron chi connectivity index (χ2n) is 3.01. The fourth-order valence-corrected chi connectivity index (χ4v) is 2.26. The van der Waals surface area contributed by atoms with Crippen LogP contribution in [0, 0.1) is 6.92 Å². The van der Waals surface area contributed by atoms with Crippen molar-refractivity contribution in [2.75, 3.05) is 7.11 Å². The van der Waals surface area contributed by atoms with Gasteiger partial charge in [0.05, 0.1) is 12.8 Å². The summed E-state index contributed by atoms with van der Waals surface area (Å²) in [5.41, 5.74) is 0.867. The lowest BCUT2D eigenvalue weighted by Crippen LogP contribution is -1.98. The van der Waals surface area contributed by atoms with Gasteiger partial charge in [-0.1, -0.05) is 22.9 Å². The number of halogens is 1. The number of hydrogen-bond acceptors (Lipinski definition) is 5. The fraction of sp³-hybridized carbons (Fsp3) is 0.222. The Morgan fingerprint density at radius 3 is 2.94 bits per heavy atom. The first-order valence-electron chi connectivity index (χ1n) is 4.39. The normalized spacial score (nSPS) is 10.4. The minimum absolute atomic E-state index is 0.139. The van der Waals surface area contributed by atoms with Crippen LogP contribution < -0.4 is 0 Å². The van der Waals surface area contributed by atoms with Crippen molar-refractivity contribution < 1.29 is 9.53 Å². The van der Waals surface area contributed by atoms with Gasteiger partial charge >= 0.3 is 5.97 Å². The molecule has 0 fully saturated rings. The third-order valence-electron chi connectivity index (χ3n) is 1.86. The number of thiazole rings is 1. The van der Waals surface area contributed by atoms with Crippen molar-refractivity contribution in [2.45, 2.75) is 6.92 Å². The van der Waals surface area contributed by atoms with Gasteiger partial charge in [-0.3, -0.25) is 0 Å². The van der Waals surface area contributed by atoms with E-state index >= 15 is 0 Å². The van der Waals surface area contributed by atoms with Crippen LogP contribution in [0.3, 0.4) is 0 Å². The molecule has 0 unspecified atom stereocenters. The fourth-order valence-electron chi connectivity index (χ4n) is 1.13. The van der Waals surface area contributed by atoms with Crippen LogP contribution in [0.2, 0.25) is 5.15 Å². The van der Waals surface area contributed by atoms with E-state index in [1.165, 1.54) is 7.11 Å². The maximum atomic E-state index is 11.3. The third kappa shape index (κ3) is 1.94. The van der Waals surface area contributed by atoms with Gasteiger partial charge in [0, 0.05) is 6.20 Å². The predicted molar refractivity (Wildman–Crippen MR) is 60.3 cm³/mol. The predicted octanol–water partition coefficient (Wildman–Crippen LogP) is 2.08. The molecule has 0 N–H and O–H groups in total. The summed E-state index contributed by atoms with van der Waals surface area (Å²) in [6.07, 6.45) is 1.76. The van der Waals surface area contributed by atoms with Gasteiger partial charge in [-0.05, 0) is 13.0 Å². The smallest absolute Gasteiger partial charge is 0.351 e. The Balaban J connectivity index is 2.41. The summed E-state index contributed by atoms with van der Waals surface area (Å²) in [6, 6.07) is 1.84. The van der Waals surface area contributed by atoms with Gasteiger partial charge in [-0.25, -0.2) is 14.5 Å². The Morgan fingerprint density at radius 1 is 1.62 bits per heavy atom. The minimum Gasteiger partial charge on any atom is -0.465 e. The van der Waals surface area contributed by atoms with Crippen molar-refractivity contribution in [1.29, 1.82) is 0 Å². The Kier molecular flexibility index (Phi) is 2.93. The number of hydrogen-bond donors (Lipinski definition) is 0. The van der Waals surface area contributed by atoms with Crippen LogP contribution in [0.5, 0.6) is 0 Å². The highest BCUT2D eigenvalue weighted by Crippen LogP contribution is 2.26. The standard InChI is InChI=1S/C9H8ClN3O2S/c1-5-3-4-13(12-5)9-11-7(10)6(16-9)8(14)15-2/h3-4H,1-2H3. The molecule has 2 aromatic heterocycles. The molecule has 0 saturated carbocycles. The van der Waals surface area contributed by atoms with Crippen LogP contribution >= 0.6 is 22.9 Å². The topological polar surface area (TPSA) is 57.0 Å². The van der Waals surface area contributed by atoms with E-state index in [4.69, 9.17) is 11.6 Å². The zero-order valence-corrected chi connectivity index (χ0v) is 10.2. The molecular weight excluding hydrogens is 250 g/mol. The summed E-state index contributed by atoms with van der Waals surface area (Å²) in [7, 11) is 1.30. The van der Waals surface area contributed by atoms with Gasteiger partial charge in [0.25, 0.3) is 0 Å². The number of aromatic nitrogens is 3. The number of nitrogens with zero attached hydrogens (tertiary/aromatic N) is 3. The van der Waals surface area contributed by atoms with Crippen molar-refractivity contribution in [3.05, 3.63) is 28.0 Å². The van der Waals surface area contributed by atoms with Crippen molar-refractivity contribution in [1.82, 2.24) is 14.8 Å². The first-order chi connectivity index (χ1) is 7.61. The van der Waals surface area contributed by atoms with E-state index < -0.39 is 5.97 Å². The largest absolute Gasteiger partial charge is 0.465 e. The minimum atomic E-state index is -0.488. The van der Waals surface area contributed by atoms with E-state index in [9.17, 15) is 4.79 Å². The molecule has 0 aromatic carbocycles. The van der Waals surface area contributed by atoms with Gasteiger partial charge in [0.2, 0.25) is 5.13 Å². The molecule has 0 radical (unpaired) electrons. The Labute approximate surface area is 101 Å². The molecule has 2 rings (SSSR count). The SMILES string of the molecule is COC(=O)c1sc(-n2ccc(C)n2)nc1Cl. The van der Waals surface area contributed by atoms with Crippen LogP contribution in [-0.4, -0.2) is 27.8 Å². The zero-order chi connectivity index (χ0) is 11.7. The summed E-state index contributed by atoms with van der Waals surface area (Å²) in [4.78, 5) is 15.6. The van der Waals surface area contributed by atoms with E-state index in [0.29, 0.717) is 5.13 Å². The molecule has 16 heavy (non-hydrogen) atoms. The van der Waals surface area contributed by atoms with Crippen molar-refractivity contribution in [3.63, 3.8) is 0 Å². The highest BCUT2D eigenvalue weighted by molar-refractivity contribution is 7.16. The molecule has 0 spiro atoms. The molecule has 0 aliphatic rings. The van der Waals surface area contributed by atoms with Crippen LogP contribution in [-0.2, 0) is 4.74 Å². The highest BCUT2D eigenvalue weighted by atomic mass is 35.5. The van der Waals surface area contributed by atoms with Gasteiger partial charge in [-0.15, -0.1) is 0 Å². The monoisotopic (exact) mass is 257 g/mol. The van der Waals surface area contributed by atoms with Crippen molar-refractivity contribution in [2.24, 2.45) is 0 Å². The number of methoxy groups -OCH3 is 1. The Bertz CT molecular complexity index is 535. The number of rotatable bonds is 2. The lowest BCUT2D eigenvalue weighted by Gasteiger charge is -1.93. The second-order valence-corrected chi connectivity index (χ2v) is 4.35. The van der Waals surface area contributed by atoms with Gasteiger partial charge in [0.1, 0.15) is 0 Å². The summed E-state index contributed by atoms with van der Waals surface area (Å²) in [5.74, 6) is -0.488. The molecular formula is C9H8ClN3O2S. The van der Waals surface area contributed by atoms with Crippen LogP contribution in [0.4, 0.5) is 0 Å². The summed E-state index contributed by atoms with van der Waals surface area (Å²) < 4.78 is 6.16. The first kappa shape index (κ1) is 11.1. The maximum absolute atomic E-state index is 11.3. The maximum Gasteiger partial charge on any atom is 0.351 e. The van der Waals surface area contributed by atoms with Crippen LogP contribution in [0.15, 0.2) is 12.3 Å². The lowest BCUT2D eigenvalue weighted by molar-refractivity contribution is 0.0606. The molecule has 84 valence electrons. The molecule has 0 aliphatic heterocycles. The Hall–Kier alpha value is -1.40. The molecule has 0 atom stereocenters. The van der Waals surface area contributed by atoms with E-state index in [0.717, 1.165) is 17.0 Å². The van der Waals surface area contributed by atoms with Gasteiger partial charge in [-0.2, -0.15) is 5.10 Å². The number of ether oxygens (including phenoxy) is 1. The molecule has 5 nitrogen and oxygen atoms in total. The first-order valence-corrected chi connectivity index (χ1v) is 5.58. The summed E-state index contributed by atoms with van der Waals surface area (Å²) >= 11 is 6.97. The molecule has 2 heterocycles. The van der Waals surface area contributed by atoms with Crippen molar-refractivity contribution >= 4 is 28.9 Å². The van der Waals surface area contributed by atoms with E-state index in [-0.39, 0.29) is 10.0 Å². The van der Waals surface area contributed by atoms with E-state index in [2.05, 4.69) is 14.8 Å². The van der Waals surface area contributed by atoms with Gasteiger partial charge in [0.15, 0.2) is 10.0 Å². The highest BCUT2D eigenvalue weighted by Gasteiger charge is 2.18. The van der Waals surface area contributed by atoms with E-state index in [1.54, 1.807) is 10.9 Å². The lowest BCUT2D eigenvalue weighted by atomic mass is 10.5. The number of aryl methyl sites for hydroxylation is 1. The van der Waals surface area contributed by atoms with Crippen molar-refractivity contribution in [3.8, 4) is 5.13 Å². The molecule has 7 heteroatoms. The average Bonchev–Trinajstić information content (AvgIpc) is 2.83. The number of carbonyl (C=O) groups is 1. The second kappa shape index (κ2) is 4.23. The third-order valence-corrected chi connectivity index (χ3v) is 3.27. The van der Waals surface area contributed by atoms with Crippen LogP contribution in [0.1, 0.15) is 15.4 Å². The summed E-state index contributed by atoms with van der Waals surface area (Å²) in [5, 5.41) is 4.85. The molecule has 0 saturated heterocycles. The molecule has 0 bridgehead atoms. The van der Waals surface area contributed by atoms with E-state index in [1.807, 2.05) is 13.0 Å². The Morgan fingerprint density at radius 2 is 2.38 bits per heavy atom. The zero-order valence-electron chi connectivity index (χ0n) is 8.60. The number of carbonyl (C=O) groups excluding carboxylic acids is 1. The summed E-state index contributed by atoms with van der Waals surface area (Å²) in [6.45, 7) is 1.87. The average molecular weight is 258 g/mol. The van der Waals surface area contributed by atoms with Gasteiger partial charge < -0.3 is 4.74 Å². The molecule has 0 amide bonds. The quantitative estimate of drug-likeness (QED) is 0.773. The molecule has 2 aromatic rings. The van der Waals surface area contributed by atoms with Crippen LogP contribution in [0.25, 0.3) is 5.13 Å².